The Morgan fingerprint density at radius 2 is 1.79 bits per heavy atom. The van der Waals surface area contributed by atoms with E-state index in [2.05, 4.69) is 5.32 Å². The van der Waals surface area contributed by atoms with Gasteiger partial charge in [-0.2, -0.15) is 0 Å². The van der Waals surface area contributed by atoms with Crippen LogP contribution >= 0.6 is 34.8 Å². The van der Waals surface area contributed by atoms with Crippen molar-refractivity contribution in [3.8, 4) is 0 Å². The number of hydrogen-bond donors (Lipinski definition) is 1. The van der Waals surface area contributed by atoms with Gasteiger partial charge in [0, 0.05) is 21.9 Å². The molecule has 5 heteroatoms. The van der Waals surface area contributed by atoms with Gasteiger partial charge in [0.25, 0.3) is 0 Å². The first kappa shape index (κ1) is 11.4. The summed E-state index contributed by atoms with van der Waals surface area (Å²) < 4.78 is 0. The molecule has 0 unspecified atom stereocenters. The molecule has 0 radical (unpaired) electrons. The van der Waals surface area contributed by atoms with Gasteiger partial charge in [-0.1, -0.05) is 34.8 Å². The highest BCUT2D eigenvalue weighted by molar-refractivity contribution is 6.38. The van der Waals surface area contributed by atoms with E-state index >= 15 is 0 Å². The average molecular weight is 251 g/mol. The largest absolute Gasteiger partial charge is 0.360 e. The second kappa shape index (κ2) is 5.25. The van der Waals surface area contributed by atoms with Crippen molar-refractivity contribution in [2.24, 2.45) is 0 Å². The molecule has 0 aliphatic rings. The predicted molar refractivity (Wildman–Crippen MR) is 60.1 cm³/mol. The maximum Gasteiger partial charge on any atom is 0.162 e. The minimum absolute atomic E-state index is 0.0705. The fourth-order valence-corrected chi connectivity index (χ4v) is 1.40. The Morgan fingerprint density at radius 3 is 2.29 bits per heavy atom. The lowest BCUT2D eigenvalue weighted by atomic mass is 10.3. The van der Waals surface area contributed by atoms with Gasteiger partial charge in [0.05, 0.1) is 5.03 Å². The Morgan fingerprint density at radius 1 is 1.21 bits per heavy atom. The molecule has 1 aromatic carbocycles. The van der Waals surface area contributed by atoms with Crippen molar-refractivity contribution in [1.29, 1.82) is 0 Å². The highest BCUT2D eigenvalue weighted by atomic mass is 35.5. The van der Waals surface area contributed by atoms with Crippen LogP contribution in [0.5, 0.6) is 0 Å². The van der Waals surface area contributed by atoms with Crippen molar-refractivity contribution < 1.29 is 4.79 Å². The average Bonchev–Trinajstić information content (AvgIpc) is 2.12. The lowest BCUT2D eigenvalue weighted by Gasteiger charge is -2.02. The van der Waals surface area contributed by atoms with Crippen LogP contribution in [0.1, 0.15) is 0 Å². The van der Waals surface area contributed by atoms with E-state index < -0.39 is 0 Å². The number of aldehydes is 1. The smallest absolute Gasteiger partial charge is 0.162 e. The van der Waals surface area contributed by atoms with Gasteiger partial charge in [0.15, 0.2) is 6.29 Å². The Hall–Kier alpha value is -0.700. The maximum atomic E-state index is 10.2. The zero-order valence-electron chi connectivity index (χ0n) is 6.93. The van der Waals surface area contributed by atoms with Crippen molar-refractivity contribution in [1.82, 2.24) is 0 Å². The number of carbonyl (C=O) groups excluding carboxylic acids is 1. The highest BCUT2D eigenvalue weighted by Gasteiger charge is 1.96. The molecule has 14 heavy (non-hydrogen) atoms. The summed E-state index contributed by atoms with van der Waals surface area (Å²) in [5.41, 5.74) is 0.669. The SMILES string of the molecule is O=C/C(Cl)=C\Nc1cc(Cl)cc(Cl)c1. The lowest BCUT2D eigenvalue weighted by Crippen LogP contribution is -1.89. The molecule has 0 heterocycles. The Bertz CT molecular complexity index is 356. The Balaban J connectivity index is 2.82. The molecule has 0 saturated heterocycles. The van der Waals surface area contributed by atoms with Crippen LogP contribution in [0.15, 0.2) is 29.4 Å². The molecule has 0 saturated carbocycles. The number of anilines is 1. The fraction of sp³-hybridized carbons (Fsp3) is 0. The summed E-state index contributed by atoms with van der Waals surface area (Å²) in [6, 6.07) is 4.94. The standard InChI is InChI=1S/C9H6Cl3NO/c10-6-1-7(11)3-9(2-6)13-4-8(12)5-14/h1-5,13H/b8-4+. The van der Waals surface area contributed by atoms with E-state index in [0.29, 0.717) is 22.0 Å². The Labute approximate surface area is 96.5 Å². The monoisotopic (exact) mass is 249 g/mol. The van der Waals surface area contributed by atoms with E-state index in [0.717, 1.165) is 0 Å². The second-order valence-electron chi connectivity index (χ2n) is 2.45. The molecule has 0 aliphatic carbocycles. The Kier molecular flexibility index (Phi) is 4.26. The molecule has 0 spiro atoms. The summed E-state index contributed by atoms with van der Waals surface area (Å²) in [4.78, 5) is 10.2. The van der Waals surface area contributed by atoms with E-state index in [4.69, 9.17) is 34.8 Å². The number of hydrogen-bond acceptors (Lipinski definition) is 2. The molecule has 74 valence electrons. The summed E-state index contributed by atoms with van der Waals surface area (Å²) in [6.45, 7) is 0. The maximum absolute atomic E-state index is 10.2. The topological polar surface area (TPSA) is 29.1 Å². The minimum Gasteiger partial charge on any atom is -0.360 e. The normalized spacial score (nSPS) is 11.2. The van der Waals surface area contributed by atoms with Crippen LogP contribution < -0.4 is 5.32 Å². The van der Waals surface area contributed by atoms with Crippen LogP contribution in [0.25, 0.3) is 0 Å². The van der Waals surface area contributed by atoms with E-state index in [1.165, 1.54) is 6.20 Å². The fourth-order valence-electron chi connectivity index (χ4n) is 0.823. The third kappa shape index (κ3) is 3.58. The molecular weight excluding hydrogens is 244 g/mol. The molecule has 1 rings (SSSR count). The van der Waals surface area contributed by atoms with Gasteiger partial charge in [-0.25, -0.2) is 0 Å². The van der Waals surface area contributed by atoms with E-state index in [-0.39, 0.29) is 5.03 Å². The van der Waals surface area contributed by atoms with Gasteiger partial charge in [0.1, 0.15) is 0 Å². The van der Waals surface area contributed by atoms with Gasteiger partial charge in [0.2, 0.25) is 0 Å². The van der Waals surface area contributed by atoms with Crippen molar-refractivity contribution in [2.75, 3.05) is 5.32 Å². The van der Waals surface area contributed by atoms with Crippen molar-refractivity contribution in [2.45, 2.75) is 0 Å². The number of nitrogens with one attached hydrogen (secondary N) is 1. The van der Waals surface area contributed by atoms with Gasteiger partial charge < -0.3 is 5.32 Å². The lowest BCUT2D eigenvalue weighted by molar-refractivity contribution is -0.104. The quantitative estimate of drug-likeness (QED) is 0.655. The summed E-state index contributed by atoms with van der Waals surface area (Å²) >= 11 is 17.0. The highest BCUT2D eigenvalue weighted by Crippen LogP contribution is 2.22. The summed E-state index contributed by atoms with van der Waals surface area (Å²) in [5.74, 6) is 0. The number of allylic oxidation sites excluding steroid dienone is 1. The molecule has 0 bridgehead atoms. The third-order valence-electron chi connectivity index (χ3n) is 1.35. The molecular formula is C9H6Cl3NO. The third-order valence-corrected chi connectivity index (χ3v) is 1.99. The minimum atomic E-state index is 0.0705. The van der Waals surface area contributed by atoms with E-state index in [9.17, 15) is 4.79 Å². The van der Waals surface area contributed by atoms with Gasteiger partial charge in [-0.15, -0.1) is 0 Å². The number of benzene rings is 1. The van der Waals surface area contributed by atoms with Crippen molar-refractivity contribution in [3.63, 3.8) is 0 Å². The summed E-state index contributed by atoms with van der Waals surface area (Å²) in [7, 11) is 0. The van der Waals surface area contributed by atoms with Crippen LogP contribution in [0.4, 0.5) is 5.69 Å². The van der Waals surface area contributed by atoms with Crippen LogP contribution in [0, 0.1) is 0 Å². The van der Waals surface area contributed by atoms with Crippen molar-refractivity contribution in [3.05, 3.63) is 39.5 Å². The second-order valence-corrected chi connectivity index (χ2v) is 3.76. The molecule has 1 N–H and O–H groups in total. The first-order chi connectivity index (χ1) is 6.61. The first-order valence-corrected chi connectivity index (χ1v) is 4.78. The van der Waals surface area contributed by atoms with Gasteiger partial charge >= 0.3 is 0 Å². The number of rotatable bonds is 3. The number of halogens is 3. The van der Waals surface area contributed by atoms with Gasteiger partial charge in [-0.05, 0) is 18.2 Å². The van der Waals surface area contributed by atoms with Crippen LogP contribution in [0.2, 0.25) is 10.0 Å². The van der Waals surface area contributed by atoms with Crippen molar-refractivity contribution >= 4 is 46.8 Å². The zero-order valence-corrected chi connectivity index (χ0v) is 9.20. The molecule has 0 amide bonds. The summed E-state index contributed by atoms with van der Waals surface area (Å²) in [6.07, 6.45) is 1.89. The predicted octanol–water partition coefficient (Wildman–Crippen LogP) is 3.68. The number of carbonyl (C=O) groups is 1. The van der Waals surface area contributed by atoms with Gasteiger partial charge in [-0.3, -0.25) is 4.79 Å². The molecule has 0 atom stereocenters. The van der Waals surface area contributed by atoms with E-state index in [1.54, 1.807) is 18.2 Å². The zero-order chi connectivity index (χ0) is 10.6. The first-order valence-electron chi connectivity index (χ1n) is 3.65. The summed E-state index contributed by atoms with van der Waals surface area (Å²) in [5, 5.41) is 3.87. The molecule has 0 fully saturated rings. The van der Waals surface area contributed by atoms with E-state index in [1.807, 2.05) is 0 Å². The van der Waals surface area contributed by atoms with Crippen LogP contribution in [-0.2, 0) is 4.79 Å². The molecule has 0 aliphatic heterocycles. The van der Waals surface area contributed by atoms with Crippen LogP contribution in [-0.4, -0.2) is 6.29 Å². The van der Waals surface area contributed by atoms with Crippen LogP contribution in [0.3, 0.4) is 0 Å². The molecule has 2 nitrogen and oxygen atoms in total. The molecule has 0 aromatic heterocycles. The molecule has 1 aromatic rings.